The van der Waals surface area contributed by atoms with E-state index in [0.717, 1.165) is 47.0 Å². The lowest BCUT2D eigenvalue weighted by molar-refractivity contribution is 0.0526. The zero-order chi connectivity index (χ0) is 30.9. The van der Waals surface area contributed by atoms with Crippen molar-refractivity contribution >= 4 is 16.9 Å². The Balaban J connectivity index is 1.59. The third kappa shape index (κ3) is 7.62. The maximum atomic E-state index is 12.9. The fraction of sp³-hybridized carbons (Fsp3) is 0.316. The molecule has 2 heterocycles. The van der Waals surface area contributed by atoms with Gasteiger partial charge in [-0.15, -0.1) is 0 Å². The standard InChI is InChI=1S/C38H43N3O3/c1-4-44-38(42)32-12-13-36-34(24-32)35(37(41(36)19-16-39)33-21-27(2)20-28(3)22-33)23-31(11-10-29-14-17-40-18-15-29)26-43-25-30-8-6-5-7-9-30/h5-9,12-15,17-18,20-22,24,31H,4,10-11,16,19,23,25-26,39H2,1-3H3. The van der Waals surface area contributed by atoms with Crippen molar-refractivity contribution < 1.29 is 14.3 Å². The molecular weight excluding hydrogens is 546 g/mol. The van der Waals surface area contributed by atoms with Crippen LogP contribution < -0.4 is 5.73 Å². The van der Waals surface area contributed by atoms with Crippen LogP contribution in [0.1, 0.15) is 51.5 Å². The van der Waals surface area contributed by atoms with Gasteiger partial charge in [-0.1, -0.05) is 47.5 Å². The maximum Gasteiger partial charge on any atom is 0.338 e. The van der Waals surface area contributed by atoms with E-state index in [-0.39, 0.29) is 11.9 Å². The van der Waals surface area contributed by atoms with Crippen LogP contribution in [0.2, 0.25) is 0 Å². The second kappa shape index (κ2) is 15.0. The number of ether oxygens (including phenoxy) is 2. The molecule has 2 N–H and O–H groups in total. The van der Waals surface area contributed by atoms with Crippen LogP contribution in [0.15, 0.2) is 91.3 Å². The molecule has 0 aliphatic rings. The van der Waals surface area contributed by atoms with E-state index in [0.29, 0.717) is 38.5 Å². The summed E-state index contributed by atoms with van der Waals surface area (Å²) in [5.41, 5.74) is 16.2. The summed E-state index contributed by atoms with van der Waals surface area (Å²) in [5.74, 6) is -0.0694. The highest BCUT2D eigenvalue weighted by Crippen LogP contribution is 2.38. The first-order valence-corrected chi connectivity index (χ1v) is 15.6. The van der Waals surface area contributed by atoms with Gasteiger partial charge in [0.15, 0.2) is 0 Å². The minimum atomic E-state index is -0.305. The van der Waals surface area contributed by atoms with Crippen molar-refractivity contribution in [3.05, 3.63) is 125 Å². The van der Waals surface area contributed by atoms with E-state index in [1.54, 1.807) is 0 Å². The number of rotatable bonds is 14. The van der Waals surface area contributed by atoms with Crippen LogP contribution in [0.4, 0.5) is 0 Å². The smallest absolute Gasteiger partial charge is 0.338 e. The molecule has 0 aliphatic carbocycles. The predicted molar refractivity (Wildman–Crippen MR) is 178 cm³/mol. The van der Waals surface area contributed by atoms with Gasteiger partial charge in [0.1, 0.15) is 0 Å². The molecule has 1 unspecified atom stereocenters. The van der Waals surface area contributed by atoms with Crippen molar-refractivity contribution in [2.24, 2.45) is 11.7 Å². The minimum Gasteiger partial charge on any atom is -0.462 e. The fourth-order valence-electron chi connectivity index (χ4n) is 6.15. The van der Waals surface area contributed by atoms with Crippen molar-refractivity contribution in [1.82, 2.24) is 9.55 Å². The molecule has 0 amide bonds. The van der Waals surface area contributed by atoms with Crippen LogP contribution in [-0.2, 0) is 35.5 Å². The molecule has 3 aromatic carbocycles. The average molecular weight is 590 g/mol. The van der Waals surface area contributed by atoms with Crippen LogP contribution in [0.25, 0.3) is 22.2 Å². The average Bonchev–Trinajstić information content (AvgIpc) is 3.32. The normalized spacial score (nSPS) is 12.0. The highest BCUT2D eigenvalue weighted by molar-refractivity contribution is 5.99. The Kier molecular flexibility index (Phi) is 10.6. The van der Waals surface area contributed by atoms with Crippen molar-refractivity contribution in [1.29, 1.82) is 0 Å². The molecule has 0 saturated carbocycles. The SMILES string of the molecule is CCOC(=O)c1ccc2c(c1)c(CC(CCc1ccncc1)COCc1ccccc1)c(-c1cc(C)cc(C)c1)n2CCN. The quantitative estimate of drug-likeness (QED) is 0.136. The lowest BCUT2D eigenvalue weighted by Crippen LogP contribution is -2.15. The lowest BCUT2D eigenvalue weighted by Gasteiger charge is -2.20. The van der Waals surface area contributed by atoms with Gasteiger partial charge in [0.05, 0.1) is 31.1 Å². The van der Waals surface area contributed by atoms with Crippen LogP contribution in [0.3, 0.4) is 0 Å². The fourth-order valence-corrected chi connectivity index (χ4v) is 6.15. The first-order chi connectivity index (χ1) is 21.5. The summed E-state index contributed by atoms with van der Waals surface area (Å²) >= 11 is 0. The number of carbonyl (C=O) groups excluding carboxylic acids is 1. The van der Waals surface area contributed by atoms with Gasteiger partial charge in [-0.2, -0.15) is 0 Å². The number of benzene rings is 3. The highest BCUT2D eigenvalue weighted by Gasteiger charge is 2.24. The molecule has 0 saturated heterocycles. The van der Waals surface area contributed by atoms with Gasteiger partial charge in [0.2, 0.25) is 0 Å². The number of pyridine rings is 1. The maximum absolute atomic E-state index is 12.9. The van der Waals surface area contributed by atoms with Gasteiger partial charge in [-0.05, 0) is 111 Å². The Labute approximate surface area is 260 Å². The number of hydrogen-bond acceptors (Lipinski definition) is 5. The molecule has 2 aromatic heterocycles. The van der Waals surface area contributed by atoms with Gasteiger partial charge in [-0.25, -0.2) is 4.79 Å². The molecule has 1 atom stereocenters. The predicted octanol–water partition coefficient (Wildman–Crippen LogP) is 7.46. The van der Waals surface area contributed by atoms with Crippen molar-refractivity contribution in [3.63, 3.8) is 0 Å². The van der Waals surface area contributed by atoms with E-state index in [9.17, 15) is 4.79 Å². The summed E-state index contributed by atoms with van der Waals surface area (Å²) in [6.45, 7) is 8.81. The first kappa shape index (κ1) is 31.2. The largest absolute Gasteiger partial charge is 0.462 e. The zero-order valence-electron chi connectivity index (χ0n) is 26.1. The summed E-state index contributed by atoms with van der Waals surface area (Å²) in [4.78, 5) is 17.1. The number of aryl methyl sites for hydroxylation is 3. The molecule has 5 aromatic rings. The van der Waals surface area contributed by atoms with E-state index in [1.165, 1.54) is 22.3 Å². The molecule has 5 rings (SSSR count). The van der Waals surface area contributed by atoms with Crippen molar-refractivity contribution in [2.45, 2.75) is 53.2 Å². The van der Waals surface area contributed by atoms with E-state index in [1.807, 2.05) is 55.7 Å². The molecule has 0 aliphatic heterocycles. The molecule has 6 heteroatoms. The summed E-state index contributed by atoms with van der Waals surface area (Å²) < 4.78 is 14.1. The van der Waals surface area contributed by atoms with Gasteiger partial charge in [0, 0.05) is 36.4 Å². The van der Waals surface area contributed by atoms with Gasteiger partial charge < -0.3 is 19.8 Å². The minimum absolute atomic E-state index is 0.236. The Morgan fingerprint density at radius 1 is 0.932 bits per heavy atom. The second-order valence-electron chi connectivity index (χ2n) is 11.6. The molecule has 6 nitrogen and oxygen atoms in total. The molecule has 228 valence electrons. The summed E-state index contributed by atoms with van der Waals surface area (Å²) in [7, 11) is 0. The Bertz CT molecular complexity index is 1660. The molecule has 0 fully saturated rings. The molecule has 44 heavy (non-hydrogen) atoms. The number of carbonyl (C=O) groups is 1. The number of hydrogen-bond donors (Lipinski definition) is 1. The number of fused-ring (bicyclic) bond motifs is 1. The van der Waals surface area contributed by atoms with Crippen molar-refractivity contribution in [3.8, 4) is 11.3 Å². The number of nitrogens with two attached hydrogens (primary N) is 1. The molecule has 0 radical (unpaired) electrons. The molecule has 0 spiro atoms. The Morgan fingerprint density at radius 2 is 1.68 bits per heavy atom. The van der Waals surface area contributed by atoms with E-state index < -0.39 is 0 Å². The Hall–Kier alpha value is -4.26. The second-order valence-corrected chi connectivity index (χ2v) is 11.6. The zero-order valence-corrected chi connectivity index (χ0v) is 26.1. The third-order valence-electron chi connectivity index (χ3n) is 8.08. The van der Waals surface area contributed by atoms with Crippen molar-refractivity contribution in [2.75, 3.05) is 19.8 Å². The topological polar surface area (TPSA) is 79.4 Å². The summed E-state index contributed by atoms with van der Waals surface area (Å²) in [6.07, 6.45) is 6.38. The first-order valence-electron chi connectivity index (χ1n) is 15.6. The van der Waals surface area contributed by atoms with Crippen LogP contribution >= 0.6 is 0 Å². The van der Waals surface area contributed by atoms with E-state index >= 15 is 0 Å². The third-order valence-corrected chi connectivity index (χ3v) is 8.08. The van der Waals surface area contributed by atoms with E-state index in [2.05, 4.69) is 65.9 Å². The highest BCUT2D eigenvalue weighted by atomic mass is 16.5. The Morgan fingerprint density at radius 3 is 2.39 bits per heavy atom. The van der Waals surface area contributed by atoms with E-state index in [4.69, 9.17) is 15.2 Å². The summed E-state index contributed by atoms with van der Waals surface area (Å²) in [5, 5.41) is 1.06. The van der Waals surface area contributed by atoms with Gasteiger partial charge in [0.25, 0.3) is 0 Å². The van der Waals surface area contributed by atoms with Gasteiger partial charge >= 0.3 is 5.97 Å². The number of nitrogens with zero attached hydrogens (tertiary/aromatic N) is 2. The monoisotopic (exact) mass is 589 g/mol. The number of aromatic nitrogens is 2. The van der Waals surface area contributed by atoms with Crippen LogP contribution in [-0.4, -0.2) is 35.3 Å². The lowest BCUT2D eigenvalue weighted by atomic mass is 9.90. The van der Waals surface area contributed by atoms with Crippen LogP contribution in [0.5, 0.6) is 0 Å². The van der Waals surface area contributed by atoms with Gasteiger partial charge in [-0.3, -0.25) is 4.98 Å². The van der Waals surface area contributed by atoms with Crippen LogP contribution in [0, 0.1) is 19.8 Å². The summed E-state index contributed by atoms with van der Waals surface area (Å²) in [6, 6.07) is 27.1. The molecule has 0 bridgehead atoms. The molecular formula is C38H43N3O3. The number of esters is 1.